The van der Waals surface area contributed by atoms with Gasteiger partial charge < -0.3 is 10.1 Å². The van der Waals surface area contributed by atoms with Gasteiger partial charge in [0.1, 0.15) is 6.61 Å². The summed E-state index contributed by atoms with van der Waals surface area (Å²) in [6.45, 7) is -0.0524. The van der Waals surface area contributed by atoms with Gasteiger partial charge in [-0.15, -0.1) is 0 Å². The van der Waals surface area contributed by atoms with Gasteiger partial charge in [0.25, 0.3) is 10.0 Å². The molecular formula is C15H15ClN2O4S. The van der Waals surface area contributed by atoms with Crippen LogP contribution in [0.15, 0.2) is 53.4 Å². The Balaban J connectivity index is 2.10. The third-order valence-corrected chi connectivity index (χ3v) is 4.42. The molecule has 0 aliphatic heterocycles. The Bertz CT molecular complexity index is 791. The molecule has 0 bridgehead atoms. The van der Waals surface area contributed by atoms with E-state index in [9.17, 15) is 13.2 Å². The second-order valence-electron chi connectivity index (χ2n) is 4.62. The molecule has 0 aromatic heterocycles. The van der Waals surface area contributed by atoms with Crippen molar-refractivity contribution in [2.45, 2.75) is 4.90 Å². The molecule has 0 saturated heterocycles. The minimum absolute atomic E-state index is 0.0524. The maximum atomic E-state index is 12.2. The summed E-state index contributed by atoms with van der Waals surface area (Å²) >= 11 is 5.81. The van der Waals surface area contributed by atoms with E-state index < -0.39 is 10.0 Å². The Morgan fingerprint density at radius 2 is 1.78 bits per heavy atom. The van der Waals surface area contributed by atoms with Gasteiger partial charge in [-0.05, 0) is 42.5 Å². The summed E-state index contributed by atoms with van der Waals surface area (Å²) in [4.78, 5) is 11.5. The number of anilines is 2. The number of sulfonamides is 1. The van der Waals surface area contributed by atoms with Crippen LogP contribution in [0.25, 0.3) is 0 Å². The lowest BCUT2D eigenvalue weighted by Crippen LogP contribution is -2.17. The van der Waals surface area contributed by atoms with Crippen molar-refractivity contribution >= 4 is 38.9 Å². The molecule has 0 aliphatic rings. The van der Waals surface area contributed by atoms with E-state index in [0.29, 0.717) is 16.4 Å². The molecule has 6 nitrogen and oxygen atoms in total. The van der Waals surface area contributed by atoms with Crippen molar-refractivity contribution in [1.82, 2.24) is 0 Å². The number of halogens is 1. The van der Waals surface area contributed by atoms with Crippen molar-refractivity contribution in [2.24, 2.45) is 0 Å². The van der Waals surface area contributed by atoms with Gasteiger partial charge in [0.15, 0.2) is 0 Å². The molecule has 2 rings (SSSR count). The van der Waals surface area contributed by atoms with E-state index in [4.69, 9.17) is 16.3 Å². The van der Waals surface area contributed by atoms with E-state index in [-0.39, 0.29) is 17.4 Å². The number of carbonyl (C=O) groups excluding carboxylic acids is 1. The number of carbonyl (C=O) groups is 1. The maximum Gasteiger partial charge on any atom is 0.261 e. The van der Waals surface area contributed by atoms with Crippen molar-refractivity contribution in [3.63, 3.8) is 0 Å². The fourth-order valence-electron chi connectivity index (χ4n) is 1.80. The third kappa shape index (κ3) is 4.95. The fraction of sp³-hybridized carbons (Fsp3) is 0.133. The van der Waals surface area contributed by atoms with Crippen LogP contribution in [0.5, 0.6) is 0 Å². The van der Waals surface area contributed by atoms with Gasteiger partial charge in [0.2, 0.25) is 5.91 Å². The Morgan fingerprint density at radius 3 is 2.39 bits per heavy atom. The number of hydrogen-bond donors (Lipinski definition) is 2. The Kier molecular flexibility index (Phi) is 5.59. The molecular weight excluding hydrogens is 340 g/mol. The molecule has 0 saturated carbocycles. The van der Waals surface area contributed by atoms with Crippen LogP contribution in [0.2, 0.25) is 5.02 Å². The van der Waals surface area contributed by atoms with Gasteiger partial charge in [0.05, 0.1) is 4.90 Å². The van der Waals surface area contributed by atoms with Crippen molar-refractivity contribution in [1.29, 1.82) is 0 Å². The Morgan fingerprint density at radius 1 is 1.13 bits per heavy atom. The summed E-state index contributed by atoms with van der Waals surface area (Å²) < 4.78 is 31.6. The molecule has 2 aromatic carbocycles. The first-order valence-electron chi connectivity index (χ1n) is 6.58. The highest BCUT2D eigenvalue weighted by Crippen LogP contribution is 2.20. The minimum atomic E-state index is -3.72. The minimum Gasteiger partial charge on any atom is -0.375 e. The van der Waals surface area contributed by atoms with E-state index in [1.165, 1.54) is 19.2 Å². The van der Waals surface area contributed by atoms with Crippen LogP contribution in [-0.4, -0.2) is 28.0 Å². The molecule has 0 radical (unpaired) electrons. The lowest BCUT2D eigenvalue weighted by atomic mass is 10.3. The zero-order valence-electron chi connectivity index (χ0n) is 12.2. The molecule has 0 atom stereocenters. The lowest BCUT2D eigenvalue weighted by Gasteiger charge is -2.09. The highest BCUT2D eigenvalue weighted by Gasteiger charge is 2.14. The van der Waals surface area contributed by atoms with Crippen molar-refractivity contribution in [3.05, 3.63) is 53.6 Å². The first kappa shape index (κ1) is 17.3. The molecule has 2 N–H and O–H groups in total. The smallest absolute Gasteiger partial charge is 0.261 e. The first-order chi connectivity index (χ1) is 10.9. The highest BCUT2D eigenvalue weighted by molar-refractivity contribution is 7.92. The molecule has 8 heteroatoms. The standard InChI is InChI=1S/C15H15ClN2O4S/c1-22-10-15(19)17-12-5-7-13(8-6-12)18-23(20,21)14-4-2-3-11(16)9-14/h2-9,18H,10H2,1H3,(H,17,19). The van der Waals surface area contributed by atoms with Crippen molar-refractivity contribution < 1.29 is 17.9 Å². The van der Waals surface area contributed by atoms with Crippen LogP contribution in [0.1, 0.15) is 0 Å². The largest absolute Gasteiger partial charge is 0.375 e. The molecule has 0 fully saturated rings. The predicted octanol–water partition coefficient (Wildman–Crippen LogP) is 2.73. The monoisotopic (exact) mass is 354 g/mol. The quantitative estimate of drug-likeness (QED) is 0.835. The van der Waals surface area contributed by atoms with Gasteiger partial charge in [-0.3, -0.25) is 9.52 Å². The van der Waals surface area contributed by atoms with E-state index in [2.05, 4.69) is 10.0 Å². The molecule has 122 valence electrons. The maximum absolute atomic E-state index is 12.2. The molecule has 23 heavy (non-hydrogen) atoms. The second kappa shape index (κ2) is 7.45. The van der Waals surface area contributed by atoms with Crippen molar-refractivity contribution in [2.75, 3.05) is 23.8 Å². The van der Waals surface area contributed by atoms with Crippen LogP contribution < -0.4 is 10.0 Å². The molecule has 2 aromatic rings. The average Bonchev–Trinajstić information content (AvgIpc) is 2.49. The van der Waals surface area contributed by atoms with Crippen LogP contribution in [0.4, 0.5) is 11.4 Å². The van der Waals surface area contributed by atoms with E-state index in [1.807, 2.05) is 0 Å². The zero-order chi connectivity index (χ0) is 16.9. The summed E-state index contributed by atoms with van der Waals surface area (Å²) in [7, 11) is -2.30. The second-order valence-corrected chi connectivity index (χ2v) is 6.74. The van der Waals surface area contributed by atoms with Crippen molar-refractivity contribution in [3.8, 4) is 0 Å². The highest BCUT2D eigenvalue weighted by atomic mass is 35.5. The van der Waals surface area contributed by atoms with Crippen LogP contribution in [-0.2, 0) is 19.6 Å². The number of benzene rings is 2. The van der Waals surface area contributed by atoms with Gasteiger partial charge >= 0.3 is 0 Å². The molecule has 0 spiro atoms. The van der Waals surface area contributed by atoms with Crippen LogP contribution in [0, 0.1) is 0 Å². The number of ether oxygens (including phenoxy) is 1. The number of amides is 1. The summed E-state index contributed by atoms with van der Waals surface area (Å²) in [5.74, 6) is -0.292. The number of rotatable bonds is 6. The third-order valence-electron chi connectivity index (χ3n) is 2.80. The van der Waals surface area contributed by atoms with E-state index in [1.54, 1.807) is 36.4 Å². The molecule has 0 aliphatic carbocycles. The topological polar surface area (TPSA) is 84.5 Å². The summed E-state index contributed by atoms with van der Waals surface area (Å²) in [6.07, 6.45) is 0. The predicted molar refractivity (Wildman–Crippen MR) is 89.2 cm³/mol. The van der Waals surface area contributed by atoms with E-state index >= 15 is 0 Å². The molecule has 0 unspecified atom stereocenters. The Labute approximate surface area is 139 Å². The normalized spacial score (nSPS) is 11.0. The zero-order valence-corrected chi connectivity index (χ0v) is 13.8. The number of hydrogen-bond acceptors (Lipinski definition) is 4. The van der Waals surface area contributed by atoms with Gasteiger partial charge in [-0.25, -0.2) is 8.42 Å². The SMILES string of the molecule is COCC(=O)Nc1ccc(NS(=O)(=O)c2cccc(Cl)c2)cc1. The summed E-state index contributed by atoms with van der Waals surface area (Å²) in [5.41, 5.74) is 0.910. The van der Waals surface area contributed by atoms with Gasteiger partial charge in [-0.2, -0.15) is 0 Å². The number of methoxy groups -OCH3 is 1. The molecule has 0 heterocycles. The Hall–Kier alpha value is -2.09. The fourth-order valence-corrected chi connectivity index (χ4v) is 3.16. The van der Waals surface area contributed by atoms with Crippen LogP contribution in [0.3, 0.4) is 0 Å². The van der Waals surface area contributed by atoms with E-state index in [0.717, 1.165) is 0 Å². The summed E-state index contributed by atoms with van der Waals surface area (Å²) in [6, 6.07) is 12.2. The van der Waals surface area contributed by atoms with Gasteiger partial charge in [-0.1, -0.05) is 17.7 Å². The molecule has 1 amide bonds. The lowest BCUT2D eigenvalue weighted by molar-refractivity contribution is -0.119. The van der Waals surface area contributed by atoms with Crippen LogP contribution >= 0.6 is 11.6 Å². The van der Waals surface area contributed by atoms with Gasteiger partial charge in [0, 0.05) is 23.5 Å². The first-order valence-corrected chi connectivity index (χ1v) is 8.44. The average molecular weight is 355 g/mol. The summed E-state index contributed by atoms with van der Waals surface area (Å²) in [5, 5.41) is 2.95. The number of nitrogens with one attached hydrogen (secondary N) is 2.